The molecule has 4 fully saturated rings. The Kier molecular flexibility index (Phi) is 8.95. The molecule has 2 bridgehead atoms. The highest BCUT2D eigenvalue weighted by molar-refractivity contribution is 5.99. The van der Waals surface area contributed by atoms with E-state index in [9.17, 15) is 19.5 Å². The Morgan fingerprint density at radius 3 is 2.40 bits per heavy atom. The van der Waals surface area contributed by atoms with E-state index in [1.807, 2.05) is 49.1 Å². The molecule has 1 aliphatic carbocycles. The normalized spacial score (nSPS) is 31.1. The van der Waals surface area contributed by atoms with Crippen molar-refractivity contribution >= 4 is 17.7 Å². The van der Waals surface area contributed by atoms with Crippen LogP contribution in [0.4, 0.5) is 0 Å². The third-order valence-corrected chi connectivity index (χ3v) is 10.2. The van der Waals surface area contributed by atoms with Gasteiger partial charge in [-0.3, -0.25) is 14.4 Å². The minimum absolute atomic E-state index is 0.0557. The first-order valence-corrected chi connectivity index (χ1v) is 15.8. The summed E-state index contributed by atoms with van der Waals surface area (Å²) in [4.78, 5) is 49.2. The zero-order valence-corrected chi connectivity index (χ0v) is 25.2. The van der Waals surface area contributed by atoms with Crippen molar-refractivity contribution in [3.8, 4) is 0 Å². The highest BCUT2D eigenvalue weighted by Crippen LogP contribution is 2.64. The first-order valence-electron chi connectivity index (χ1n) is 15.8. The van der Waals surface area contributed by atoms with E-state index in [0.717, 1.165) is 44.1 Å². The molecule has 3 amide bonds. The van der Waals surface area contributed by atoms with E-state index in [4.69, 9.17) is 4.74 Å². The summed E-state index contributed by atoms with van der Waals surface area (Å²) in [6, 6.07) is 7.74. The predicted octanol–water partition coefficient (Wildman–Crippen LogP) is 4.26. The second-order valence-electron chi connectivity index (χ2n) is 12.7. The molecule has 1 aromatic rings. The fraction of sp³-hybridized carbons (Fsp3) is 0.618. The molecule has 42 heavy (non-hydrogen) atoms. The Morgan fingerprint density at radius 1 is 1.10 bits per heavy atom. The van der Waals surface area contributed by atoms with Crippen molar-refractivity contribution in [3.05, 3.63) is 61.2 Å². The zero-order chi connectivity index (χ0) is 30.1. The van der Waals surface area contributed by atoms with Gasteiger partial charge < -0.3 is 24.5 Å². The van der Waals surface area contributed by atoms with Crippen LogP contribution >= 0.6 is 0 Å². The average Bonchev–Trinajstić information content (AvgIpc) is 3.57. The van der Waals surface area contributed by atoms with Crippen molar-refractivity contribution in [3.63, 3.8) is 0 Å². The molecule has 4 aliphatic rings. The molecular weight excluding hydrogens is 530 g/mol. The van der Waals surface area contributed by atoms with Gasteiger partial charge in [0.2, 0.25) is 17.7 Å². The summed E-state index contributed by atoms with van der Waals surface area (Å²) in [5.74, 6) is -2.10. The standard InChI is InChI=1S/C34H47N3O5/c1-5-20-35(21-6-2)30(39)27-28-31(40)37(26(23-38)24-14-10-8-11-15-24)29(34(28)19-18-33(27,4)42-34)32(41)36(22-7-3)25-16-12-9-13-17-25/h5,7-8,10-11,14-15,25-29,38H,1,3,6,9,12-13,16-23H2,2,4H3/t26-,27-,28+,29?,33+,34?/m1/s1. The Bertz CT molecular complexity index is 1180. The highest BCUT2D eigenvalue weighted by atomic mass is 16.5. The molecule has 2 unspecified atom stereocenters. The van der Waals surface area contributed by atoms with Crippen molar-refractivity contribution in [1.82, 2.24) is 14.7 Å². The predicted molar refractivity (Wildman–Crippen MR) is 161 cm³/mol. The van der Waals surface area contributed by atoms with Gasteiger partial charge in [-0.1, -0.05) is 68.7 Å². The quantitative estimate of drug-likeness (QED) is 0.375. The Balaban J connectivity index is 1.63. The highest BCUT2D eigenvalue weighted by Gasteiger charge is 2.79. The first-order chi connectivity index (χ1) is 20.3. The van der Waals surface area contributed by atoms with Gasteiger partial charge in [-0.05, 0) is 44.6 Å². The number of likely N-dealkylation sites (tertiary alicyclic amines) is 1. The van der Waals surface area contributed by atoms with E-state index < -0.39 is 35.1 Å². The van der Waals surface area contributed by atoms with Crippen molar-refractivity contribution in [1.29, 1.82) is 0 Å². The Hall–Kier alpha value is -2.97. The number of hydrogen-bond acceptors (Lipinski definition) is 5. The van der Waals surface area contributed by atoms with Crippen LogP contribution in [0.5, 0.6) is 0 Å². The van der Waals surface area contributed by atoms with E-state index in [1.54, 1.807) is 22.0 Å². The van der Waals surface area contributed by atoms with Gasteiger partial charge in [0.1, 0.15) is 11.6 Å². The van der Waals surface area contributed by atoms with E-state index in [0.29, 0.717) is 32.5 Å². The lowest BCUT2D eigenvalue weighted by molar-refractivity contribution is -0.158. The van der Waals surface area contributed by atoms with E-state index in [1.165, 1.54) is 0 Å². The van der Waals surface area contributed by atoms with Gasteiger partial charge in [0.15, 0.2) is 0 Å². The lowest BCUT2D eigenvalue weighted by Crippen LogP contribution is -2.59. The number of nitrogens with zero attached hydrogens (tertiary/aromatic N) is 3. The first kappa shape index (κ1) is 30.5. The maximum absolute atomic E-state index is 14.9. The molecule has 8 heteroatoms. The minimum atomic E-state index is -1.15. The van der Waals surface area contributed by atoms with Crippen LogP contribution in [0.25, 0.3) is 0 Å². The van der Waals surface area contributed by atoms with Gasteiger partial charge in [0.05, 0.1) is 30.1 Å². The fourth-order valence-electron chi connectivity index (χ4n) is 8.41. The molecule has 1 N–H and O–H groups in total. The lowest BCUT2D eigenvalue weighted by atomic mass is 9.66. The van der Waals surface area contributed by atoms with E-state index in [-0.39, 0.29) is 30.4 Å². The van der Waals surface area contributed by atoms with Crippen molar-refractivity contribution < 1.29 is 24.2 Å². The summed E-state index contributed by atoms with van der Waals surface area (Å²) in [5.41, 5.74) is -1.26. The topological polar surface area (TPSA) is 90.4 Å². The summed E-state index contributed by atoms with van der Waals surface area (Å²) in [5, 5.41) is 10.8. The molecule has 6 atom stereocenters. The van der Waals surface area contributed by atoms with E-state index >= 15 is 0 Å². The number of amides is 3. The third kappa shape index (κ3) is 4.90. The number of fused-ring (bicyclic) bond motifs is 1. The molecule has 3 saturated heterocycles. The second-order valence-corrected chi connectivity index (χ2v) is 12.7. The zero-order valence-electron chi connectivity index (χ0n) is 25.2. The Morgan fingerprint density at radius 2 is 1.79 bits per heavy atom. The second kappa shape index (κ2) is 12.3. The molecule has 8 nitrogen and oxygen atoms in total. The molecular formula is C34H47N3O5. The molecule has 3 heterocycles. The van der Waals surface area contributed by atoms with Gasteiger partial charge in [-0.25, -0.2) is 0 Å². The monoisotopic (exact) mass is 577 g/mol. The number of hydrogen-bond donors (Lipinski definition) is 1. The molecule has 0 aromatic heterocycles. The van der Waals surface area contributed by atoms with Crippen molar-refractivity contribution in [2.24, 2.45) is 11.8 Å². The maximum Gasteiger partial charge on any atom is 0.248 e. The number of carbonyl (C=O) groups is 3. The summed E-state index contributed by atoms with van der Waals surface area (Å²) in [7, 11) is 0. The van der Waals surface area contributed by atoms with Gasteiger partial charge in [0, 0.05) is 25.7 Å². The number of carbonyl (C=O) groups excluding carboxylic acids is 3. The number of aliphatic hydroxyl groups is 1. The maximum atomic E-state index is 14.9. The van der Waals surface area contributed by atoms with Crippen LogP contribution < -0.4 is 0 Å². The van der Waals surface area contributed by atoms with Crippen LogP contribution in [0.1, 0.15) is 76.8 Å². The number of rotatable bonds is 12. The molecule has 1 aromatic carbocycles. The summed E-state index contributed by atoms with van der Waals surface area (Å²) >= 11 is 0. The van der Waals surface area contributed by atoms with Gasteiger partial charge in [-0.15, -0.1) is 13.2 Å². The summed E-state index contributed by atoms with van der Waals surface area (Å²) in [6.07, 6.45) is 10.4. The third-order valence-electron chi connectivity index (χ3n) is 10.2. The van der Waals surface area contributed by atoms with Crippen LogP contribution in [-0.4, -0.2) is 87.1 Å². The van der Waals surface area contributed by atoms with Crippen LogP contribution in [0, 0.1) is 11.8 Å². The summed E-state index contributed by atoms with van der Waals surface area (Å²) < 4.78 is 6.90. The molecule has 1 spiro atoms. The van der Waals surface area contributed by atoms with Crippen molar-refractivity contribution in [2.45, 2.75) is 94.5 Å². The Labute approximate surface area is 250 Å². The molecule has 3 aliphatic heterocycles. The number of aliphatic hydroxyl groups excluding tert-OH is 1. The molecule has 1 saturated carbocycles. The molecule has 228 valence electrons. The van der Waals surface area contributed by atoms with Gasteiger partial charge in [0.25, 0.3) is 0 Å². The fourth-order valence-corrected chi connectivity index (χ4v) is 8.41. The SMILES string of the molecule is C=CCN(CCC)C(=O)[C@H]1[C@H]2C(=O)N([C@H](CO)c3ccccc3)C(C(=O)N(CC=C)C3CCCCC3)C23CC[C@]1(C)O3. The molecule has 0 radical (unpaired) electrons. The van der Waals surface area contributed by atoms with Crippen LogP contribution in [0.3, 0.4) is 0 Å². The van der Waals surface area contributed by atoms with Gasteiger partial charge >= 0.3 is 0 Å². The smallest absolute Gasteiger partial charge is 0.248 e. The number of ether oxygens (including phenoxy) is 1. The van der Waals surface area contributed by atoms with E-state index in [2.05, 4.69) is 13.2 Å². The minimum Gasteiger partial charge on any atom is -0.394 e. The summed E-state index contributed by atoms with van der Waals surface area (Å²) in [6.45, 7) is 12.7. The molecule has 5 rings (SSSR count). The number of benzene rings is 1. The lowest BCUT2D eigenvalue weighted by Gasteiger charge is -2.42. The van der Waals surface area contributed by atoms with Crippen LogP contribution in [-0.2, 0) is 19.1 Å². The van der Waals surface area contributed by atoms with Crippen LogP contribution in [0.2, 0.25) is 0 Å². The average molecular weight is 578 g/mol. The van der Waals surface area contributed by atoms with Crippen molar-refractivity contribution in [2.75, 3.05) is 26.2 Å². The van der Waals surface area contributed by atoms with Crippen LogP contribution in [0.15, 0.2) is 55.6 Å². The van der Waals surface area contributed by atoms with Gasteiger partial charge in [-0.2, -0.15) is 0 Å². The largest absolute Gasteiger partial charge is 0.394 e.